The lowest BCUT2D eigenvalue weighted by molar-refractivity contribution is -0.115. The van der Waals surface area contributed by atoms with E-state index in [0.717, 1.165) is 37.4 Å². The molecule has 146 valence electrons. The Balaban J connectivity index is 2.11. The average molecular weight is 369 g/mol. The van der Waals surface area contributed by atoms with E-state index in [1.807, 2.05) is 11.6 Å². The van der Waals surface area contributed by atoms with Crippen LogP contribution in [0.1, 0.15) is 58.2 Å². The van der Waals surface area contributed by atoms with E-state index in [0.29, 0.717) is 6.42 Å². The maximum Gasteiger partial charge on any atom is 0.225 e. The fourth-order valence-electron chi connectivity index (χ4n) is 3.90. The van der Waals surface area contributed by atoms with Crippen LogP contribution in [0.25, 0.3) is 0 Å². The lowest BCUT2D eigenvalue weighted by atomic mass is 9.70. The van der Waals surface area contributed by atoms with Crippen LogP contribution in [0, 0.1) is 0 Å². The summed E-state index contributed by atoms with van der Waals surface area (Å²) in [6, 6.07) is 12.8. The number of aromatic nitrogens is 2. The number of likely N-dealkylation sites (tertiary alicyclic amines) is 1. The van der Waals surface area contributed by atoms with Gasteiger partial charge in [0.2, 0.25) is 5.91 Å². The number of amides is 1. The number of hydrogen-bond donors (Lipinski definition) is 1. The number of hydrogen-bond acceptors (Lipinski definition) is 3. The van der Waals surface area contributed by atoms with Crippen LogP contribution >= 0.6 is 0 Å². The number of carbonyl (C=O) groups is 1. The van der Waals surface area contributed by atoms with Gasteiger partial charge in [-0.1, -0.05) is 37.3 Å². The maximum absolute atomic E-state index is 12.1. The Morgan fingerprint density at radius 3 is 2.37 bits per heavy atom. The fraction of sp³-hybridized carbons (Fsp3) is 0.545. The number of benzene rings is 1. The van der Waals surface area contributed by atoms with Crippen molar-refractivity contribution in [3.05, 3.63) is 47.7 Å². The number of nitrogens with zero attached hydrogens (tertiary/aromatic N) is 3. The van der Waals surface area contributed by atoms with E-state index in [2.05, 4.69) is 74.4 Å². The van der Waals surface area contributed by atoms with Gasteiger partial charge in [0.15, 0.2) is 0 Å². The molecule has 0 saturated carbocycles. The summed E-state index contributed by atoms with van der Waals surface area (Å²) in [5.41, 5.74) is 2.04. The molecule has 27 heavy (non-hydrogen) atoms. The standard InChI is InChI=1S/C22H32N4O/c1-6-20(27)23-19-16-18(24-26(19)21(2,3)4)22(12-14-25(5)15-13-22)17-10-8-7-9-11-17/h7-11,16H,6,12-15H2,1-5H3,(H,23,27). The topological polar surface area (TPSA) is 50.2 Å². The van der Waals surface area contributed by atoms with Crippen molar-refractivity contribution < 1.29 is 4.79 Å². The van der Waals surface area contributed by atoms with Crippen LogP contribution in [0.2, 0.25) is 0 Å². The van der Waals surface area contributed by atoms with Crippen LogP contribution in [0.4, 0.5) is 5.82 Å². The van der Waals surface area contributed by atoms with Crippen molar-refractivity contribution in [2.75, 3.05) is 25.5 Å². The predicted molar refractivity (Wildman–Crippen MR) is 110 cm³/mol. The Kier molecular flexibility index (Phi) is 5.43. The van der Waals surface area contributed by atoms with E-state index in [1.54, 1.807) is 0 Å². The first-order valence-corrected chi connectivity index (χ1v) is 9.91. The van der Waals surface area contributed by atoms with Gasteiger partial charge in [-0.3, -0.25) is 4.79 Å². The zero-order chi connectivity index (χ0) is 19.7. The Hall–Kier alpha value is -2.14. The van der Waals surface area contributed by atoms with Crippen LogP contribution in [0.15, 0.2) is 36.4 Å². The molecule has 0 unspecified atom stereocenters. The second-order valence-electron chi connectivity index (χ2n) is 8.65. The van der Waals surface area contributed by atoms with Crippen LogP contribution in [-0.2, 0) is 15.7 Å². The van der Waals surface area contributed by atoms with Gasteiger partial charge in [-0.15, -0.1) is 0 Å². The van der Waals surface area contributed by atoms with Crippen molar-refractivity contribution in [3.8, 4) is 0 Å². The van der Waals surface area contributed by atoms with E-state index in [-0.39, 0.29) is 16.9 Å². The summed E-state index contributed by atoms with van der Waals surface area (Å²) in [4.78, 5) is 14.5. The normalized spacial score (nSPS) is 17.7. The molecule has 1 aromatic heterocycles. The number of nitrogens with one attached hydrogen (secondary N) is 1. The van der Waals surface area contributed by atoms with Gasteiger partial charge in [0.05, 0.1) is 11.2 Å². The first kappa shape index (κ1) is 19.6. The van der Waals surface area contributed by atoms with Gasteiger partial charge in [0, 0.05) is 17.9 Å². The summed E-state index contributed by atoms with van der Waals surface area (Å²) in [5.74, 6) is 0.808. The Morgan fingerprint density at radius 2 is 1.81 bits per heavy atom. The number of carbonyl (C=O) groups excluding carboxylic acids is 1. The molecule has 0 aliphatic carbocycles. The van der Waals surface area contributed by atoms with Gasteiger partial charge < -0.3 is 10.2 Å². The van der Waals surface area contributed by atoms with Crippen molar-refractivity contribution >= 4 is 11.7 Å². The molecule has 0 spiro atoms. The third kappa shape index (κ3) is 3.93. The summed E-state index contributed by atoms with van der Waals surface area (Å²) >= 11 is 0. The first-order valence-electron chi connectivity index (χ1n) is 9.91. The molecule has 1 aromatic carbocycles. The van der Waals surface area contributed by atoms with E-state index >= 15 is 0 Å². The van der Waals surface area contributed by atoms with Crippen LogP contribution < -0.4 is 5.32 Å². The molecule has 5 heteroatoms. The molecule has 3 rings (SSSR count). The highest BCUT2D eigenvalue weighted by molar-refractivity contribution is 5.89. The van der Waals surface area contributed by atoms with Crippen molar-refractivity contribution in [3.63, 3.8) is 0 Å². The van der Waals surface area contributed by atoms with E-state index < -0.39 is 0 Å². The van der Waals surface area contributed by atoms with Gasteiger partial charge in [-0.25, -0.2) is 4.68 Å². The Labute approximate surface area is 162 Å². The number of rotatable bonds is 4. The van der Waals surface area contributed by atoms with Gasteiger partial charge in [-0.05, 0) is 59.3 Å². The minimum Gasteiger partial charge on any atom is -0.311 e. The van der Waals surface area contributed by atoms with Gasteiger partial charge >= 0.3 is 0 Å². The smallest absolute Gasteiger partial charge is 0.225 e. The van der Waals surface area contributed by atoms with E-state index in [1.165, 1.54) is 5.56 Å². The molecule has 0 atom stereocenters. The second kappa shape index (κ2) is 7.47. The molecule has 0 bridgehead atoms. The van der Waals surface area contributed by atoms with Crippen LogP contribution in [0.5, 0.6) is 0 Å². The quantitative estimate of drug-likeness (QED) is 0.887. The molecule has 2 aromatic rings. The highest BCUT2D eigenvalue weighted by Crippen LogP contribution is 2.42. The predicted octanol–water partition coefficient (Wildman–Crippen LogP) is 4.00. The monoisotopic (exact) mass is 368 g/mol. The molecular weight excluding hydrogens is 336 g/mol. The maximum atomic E-state index is 12.1. The summed E-state index contributed by atoms with van der Waals surface area (Å²) in [6.07, 6.45) is 2.50. The molecule has 1 amide bonds. The van der Waals surface area contributed by atoms with Crippen molar-refractivity contribution in [2.24, 2.45) is 0 Å². The molecule has 2 heterocycles. The number of piperidine rings is 1. The zero-order valence-corrected chi connectivity index (χ0v) is 17.2. The summed E-state index contributed by atoms with van der Waals surface area (Å²) in [7, 11) is 2.18. The van der Waals surface area contributed by atoms with Gasteiger partial charge in [0.25, 0.3) is 0 Å². The molecule has 5 nitrogen and oxygen atoms in total. The van der Waals surface area contributed by atoms with Crippen LogP contribution in [-0.4, -0.2) is 40.7 Å². The van der Waals surface area contributed by atoms with Crippen molar-refractivity contribution in [1.29, 1.82) is 0 Å². The highest BCUT2D eigenvalue weighted by atomic mass is 16.1. The zero-order valence-electron chi connectivity index (χ0n) is 17.2. The molecule has 1 aliphatic heterocycles. The van der Waals surface area contributed by atoms with E-state index in [4.69, 9.17) is 5.10 Å². The average Bonchev–Trinajstić information content (AvgIpc) is 3.08. The lowest BCUT2D eigenvalue weighted by Crippen LogP contribution is -2.42. The SMILES string of the molecule is CCC(=O)Nc1cc(C2(c3ccccc3)CCN(C)CC2)nn1C(C)(C)C. The largest absolute Gasteiger partial charge is 0.311 e. The second-order valence-corrected chi connectivity index (χ2v) is 8.65. The minimum atomic E-state index is -0.210. The fourth-order valence-corrected chi connectivity index (χ4v) is 3.90. The lowest BCUT2D eigenvalue weighted by Gasteiger charge is -2.40. The number of anilines is 1. The molecule has 1 fully saturated rings. The van der Waals surface area contributed by atoms with Crippen LogP contribution in [0.3, 0.4) is 0 Å². The summed E-state index contributed by atoms with van der Waals surface area (Å²) in [5, 5.41) is 8.10. The minimum absolute atomic E-state index is 0.0177. The summed E-state index contributed by atoms with van der Waals surface area (Å²) < 4.78 is 1.97. The van der Waals surface area contributed by atoms with Gasteiger partial charge in [-0.2, -0.15) is 5.10 Å². The highest BCUT2D eigenvalue weighted by Gasteiger charge is 2.40. The van der Waals surface area contributed by atoms with Crippen molar-refractivity contribution in [1.82, 2.24) is 14.7 Å². The molecule has 1 aliphatic rings. The van der Waals surface area contributed by atoms with Crippen molar-refractivity contribution in [2.45, 2.75) is 57.9 Å². The third-order valence-corrected chi connectivity index (χ3v) is 5.59. The third-order valence-electron chi connectivity index (χ3n) is 5.59. The molecular formula is C22H32N4O. The van der Waals surface area contributed by atoms with Gasteiger partial charge in [0.1, 0.15) is 5.82 Å². The molecule has 1 saturated heterocycles. The molecule has 0 radical (unpaired) electrons. The molecule has 1 N–H and O–H groups in total. The Bertz CT molecular complexity index is 780. The summed E-state index contributed by atoms with van der Waals surface area (Å²) in [6.45, 7) is 10.3. The Morgan fingerprint density at radius 1 is 1.19 bits per heavy atom. The van der Waals surface area contributed by atoms with E-state index in [9.17, 15) is 4.79 Å². The first-order chi connectivity index (χ1) is 12.8.